The number of carbonyl (C=O) groups excluding carboxylic acids is 1. The molecule has 0 aliphatic rings. The third kappa shape index (κ3) is 5.58. The zero-order chi connectivity index (χ0) is 15.0. The Balaban J connectivity index is 2.29. The number of rotatable bonds is 9. The van der Waals surface area contributed by atoms with Crippen molar-refractivity contribution in [1.82, 2.24) is 10.3 Å². The number of amides is 1. The molecule has 0 spiro atoms. The molecule has 0 aliphatic carbocycles. The van der Waals surface area contributed by atoms with E-state index in [1.165, 1.54) is 29.9 Å². The summed E-state index contributed by atoms with van der Waals surface area (Å²) < 4.78 is 0. The molecule has 7 heteroatoms. The second-order valence-corrected chi connectivity index (χ2v) is 6.73. The SMILES string of the molecule is CSCCCCCCNC(=O)c1sc(N(C)C)nc1N. The Bertz CT molecular complexity index is 421. The fraction of sp³-hybridized carbons (Fsp3) is 0.692. The van der Waals surface area contributed by atoms with Gasteiger partial charge in [-0.1, -0.05) is 24.2 Å². The van der Waals surface area contributed by atoms with E-state index in [0.717, 1.165) is 18.0 Å². The number of thioether (sulfide) groups is 1. The van der Waals surface area contributed by atoms with Gasteiger partial charge in [0.2, 0.25) is 0 Å². The van der Waals surface area contributed by atoms with Gasteiger partial charge in [-0.15, -0.1) is 0 Å². The van der Waals surface area contributed by atoms with Gasteiger partial charge in [-0.25, -0.2) is 4.98 Å². The van der Waals surface area contributed by atoms with Gasteiger partial charge in [0, 0.05) is 20.6 Å². The largest absolute Gasteiger partial charge is 0.382 e. The molecular weight excluding hydrogens is 292 g/mol. The number of nitrogens with two attached hydrogens (primary N) is 1. The summed E-state index contributed by atoms with van der Waals surface area (Å²) in [6.07, 6.45) is 6.77. The molecule has 5 nitrogen and oxygen atoms in total. The molecule has 114 valence electrons. The number of unbranched alkanes of at least 4 members (excludes halogenated alkanes) is 3. The molecule has 1 aromatic heterocycles. The van der Waals surface area contributed by atoms with Crippen LogP contribution in [0.15, 0.2) is 0 Å². The number of anilines is 2. The van der Waals surface area contributed by atoms with E-state index in [2.05, 4.69) is 16.6 Å². The van der Waals surface area contributed by atoms with Crippen LogP contribution in [0.3, 0.4) is 0 Å². The summed E-state index contributed by atoms with van der Waals surface area (Å²) in [6.45, 7) is 0.701. The summed E-state index contributed by atoms with van der Waals surface area (Å²) in [5, 5.41) is 3.67. The molecule has 1 rings (SSSR count). The zero-order valence-electron chi connectivity index (χ0n) is 12.4. The Morgan fingerprint density at radius 1 is 1.35 bits per heavy atom. The molecule has 0 aromatic carbocycles. The van der Waals surface area contributed by atoms with Crippen molar-refractivity contribution in [2.24, 2.45) is 0 Å². The van der Waals surface area contributed by atoms with Gasteiger partial charge in [-0.05, 0) is 24.9 Å². The number of aromatic nitrogens is 1. The number of hydrogen-bond donors (Lipinski definition) is 2. The second kappa shape index (κ2) is 9.07. The molecule has 20 heavy (non-hydrogen) atoms. The lowest BCUT2D eigenvalue weighted by Crippen LogP contribution is -2.24. The van der Waals surface area contributed by atoms with Gasteiger partial charge in [0.25, 0.3) is 5.91 Å². The van der Waals surface area contributed by atoms with E-state index in [9.17, 15) is 4.79 Å². The minimum atomic E-state index is -0.114. The van der Waals surface area contributed by atoms with Crippen LogP contribution in [0.2, 0.25) is 0 Å². The lowest BCUT2D eigenvalue weighted by molar-refractivity contribution is 0.0957. The summed E-state index contributed by atoms with van der Waals surface area (Å²) in [7, 11) is 3.77. The molecule has 0 saturated heterocycles. The first kappa shape index (κ1) is 17.1. The normalized spacial score (nSPS) is 10.6. The highest BCUT2D eigenvalue weighted by molar-refractivity contribution is 7.98. The number of nitrogens with one attached hydrogen (secondary N) is 1. The first-order valence-electron chi connectivity index (χ1n) is 6.77. The van der Waals surface area contributed by atoms with Crippen molar-refractivity contribution in [3.8, 4) is 0 Å². The van der Waals surface area contributed by atoms with Gasteiger partial charge in [-0.3, -0.25) is 4.79 Å². The van der Waals surface area contributed by atoms with Crippen LogP contribution in [0.1, 0.15) is 35.4 Å². The highest BCUT2D eigenvalue weighted by Crippen LogP contribution is 2.26. The fourth-order valence-electron chi connectivity index (χ4n) is 1.68. The van der Waals surface area contributed by atoms with Gasteiger partial charge in [0.1, 0.15) is 10.7 Å². The van der Waals surface area contributed by atoms with Crippen LogP contribution >= 0.6 is 23.1 Å². The Kier molecular flexibility index (Phi) is 7.76. The summed E-state index contributed by atoms with van der Waals surface area (Å²) in [4.78, 5) is 18.5. The van der Waals surface area contributed by atoms with Crippen LogP contribution in [-0.4, -0.2) is 43.5 Å². The third-order valence-corrected chi connectivity index (χ3v) is 4.73. The smallest absolute Gasteiger partial charge is 0.265 e. The van der Waals surface area contributed by atoms with Gasteiger partial charge in [-0.2, -0.15) is 11.8 Å². The molecule has 1 aromatic rings. The Hall–Kier alpha value is -0.950. The van der Waals surface area contributed by atoms with Crippen LogP contribution in [0.5, 0.6) is 0 Å². The van der Waals surface area contributed by atoms with E-state index in [1.54, 1.807) is 0 Å². The minimum Gasteiger partial charge on any atom is -0.382 e. The lowest BCUT2D eigenvalue weighted by atomic mass is 10.2. The van der Waals surface area contributed by atoms with E-state index in [4.69, 9.17) is 5.73 Å². The predicted molar refractivity (Wildman–Crippen MR) is 90.0 cm³/mol. The van der Waals surface area contributed by atoms with Crippen molar-refractivity contribution in [2.45, 2.75) is 25.7 Å². The molecular formula is C13H24N4OS2. The molecule has 1 heterocycles. The molecule has 0 bridgehead atoms. The van der Waals surface area contributed by atoms with Gasteiger partial charge in [0.05, 0.1) is 0 Å². The number of nitrogen functional groups attached to an aromatic ring is 1. The van der Waals surface area contributed by atoms with Crippen molar-refractivity contribution in [1.29, 1.82) is 0 Å². The lowest BCUT2D eigenvalue weighted by Gasteiger charge is -2.05. The number of hydrogen-bond acceptors (Lipinski definition) is 6. The van der Waals surface area contributed by atoms with Crippen LogP contribution in [0.4, 0.5) is 10.9 Å². The van der Waals surface area contributed by atoms with Gasteiger partial charge in [0.15, 0.2) is 5.13 Å². The third-order valence-electron chi connectivity index (χ3n) is 2.79. The number of thiazole rings is 1. The summed E-state index contributed by atoms with van der Waals surface area (Å²) in [6, 6.07) is 0. The zero-order valence-corrected chi connectivity index (χ0v) is 14.1. The van der Waals surface area contributed by atoms with Crippen molar-refractivity contribution in [3.05, 3.63) is 4.88 Å². The number of carbonyl (C=O) groups is 1. The van der Waals surface area contributed by atoms with Gasteiger partial charge < -0.3 is 16.0 Å². The van der Waals surface area contributed by atoms with Crippen molar-refractivity contribution in [3.63, 3.8) is 0 Å². The van der Waals surface area contributed by atoms with E-state index in [0.29, 0.717) is 17.2 Å². The molecule has 0 saturated carbocycles. The molecule has 0 radical (unpaired) electrons. The summed E-state index contributed by atoms with van der Waals surface area (Å²) in [5.41, 5.74) is 5.77. The van der Waals surface area contributed by atoms with E-state index < -0.39 is 0 Å². The number of nitrogens with zero attached hydrogens (tertiary/aromatic N) is 2. The van der Waals surface area contributed by atoms with E-state index in [1.807, 2.05) is 30.8 Å². The quantitative estimate of drug-likeness (QED) is 0.685. The molecule has 0 unspecified atom stereocenters. The Labute approximate surface area is 129 Å². The highest BCUT2D eigenvalue weighted by atomic mass is 32.2. The molecule has 0 fully saturated rings. The average Bonchev–Trinajstić information content (AvgIpc) is 2.80. The summed E-state index contributed by atoms with van der Waals surface area (Å²) >= 11 is 3.21. The Morgan fingerprint density at radius 2 is 2.05 bits per heavy atom. The maximum absolute atomic E-state index is 12.0. The first-order valence-corrected chi connectivity index (χ1v) is 8.98. The maximum Gasteiger partial charge on any atom is 0.265 e. The van der Waals surface area contributed by atoms with Gasteiger partial charge >= 0.3 is 0 Å². The standard InChI is InChI=1S/C13H24N4OS2/c1-17(2)13-16-11(14)10(20-13)12(18)15-8-6-4-5-7-9-19-3/h4-9,14H2,1-3H3,(H,15,18). The monoisotopic (exact) mass is 316 g/mol. The topological polar surface area (TPSA) is 71.2 Å². The Morgan fingerprint density at radius 3 is 2.65 bits per heavy atom. The van der Waals surface area contributed by atoms with Crippen LogP contribution in [0.25, 0.3) is 0 Å². The van der Waals surface area contributed by atoms with Crippen molar-refractivity contribution in [2.75, 3.05) is 43.3 Å². The highest BCUT2D eigenvalue weighted by Gasteiger charge is 2.16. The second-order valence-electron chi connectivity index (χ2n) is 4.77. The average molecular weight is 316 g/mol. The molecule has 0 atom stereocenters. The van der Waals surface area contributed by atoms with Crippen LogP contribution in [-0.2, 0) is 0 Å². The maximum atomic E-state index is 12.0. The van der Waals surface area contributed by atoms with E-state index >= 15 is 0 Å². The minimum absolute atomic E-state index is 0.114. The fourth-order valence-corrected chi connectivity index (χ4v) is 3.00. The van der Waals surface area contributed by atoms with E-state index in [-0.39, 0.29) is 5.91 Å². The molecule has 1 amide bonds. The van der Waals surface area contributed by atoms with Crippen LogP contribution in [0, 0.1) is 0 Å². The molecule has 0 aliphatic heterocycles. The molecule has 3 N–H and O–H groups in total. The van der Waals surface area contributed by atoms with Crippen molar-refractivity contribution >= 4 is 40.0 Å². The first-order chi connectivity index (χ1) is 9.56. The summed E-state index contributed by atoms with van der Waals surface area (Å²) in [5.74, 6) is 1.42. The van der Waals surface area contributed by atoms with Crippen LogP contribution < -0.4 is 16.0 Å². The van der Waals surface area contributed by atoms with Crippen molar-refractivity contribution < 1.29 is 4.79 Å². The predicted octanol–water partition coefficient (Wildman–Crippen LogP) is 2.44.